The second-order valence-electron chi connectivity index (χ2n) is 7.49. The summed E-state index contributed by atoms with van der Waals surface area (Å²) < 4.78 is 0. The number of nitrogens with one attached hydrogen (secondary N) is 5. The number of carbonyl (C=O) groups excluding carboxylic acids is 1. The van der Waals surface area contributed by atoms with Crippen LogP contribution in [0, 0.1) is 13.8 Å². The molecule has 3 aromatic heterocycles. The van der Waals surface area contributed by atoms with Crippen LogP contribution in [0.2, 0.25) is 0 Å². The van der Waals surface area contributed by atoms with Crippen molar-refractivity contribution in [3.63, 3.8) is 0 Å². The van der Waals surface area contributed by atoms with Crippen molar-refractivity contribution < 1.29 is 4.79 Å². The SMILES string of the molecule is Cc1cc2[nH]c(=O)[nH]c2cc1N.Cc1cc2[nH]c(=O)[nH]c2cc1NC(=O)CSc1ncccn1. The monoisotopic (exact) mass is 478 g/mol. The Morgan fingerprint density at radius 2 is 1.41 bits per heavy atom. The summed E-state index contributed by atoms with van der Waals surface area (Å²) >= 11 is 1.26. The molecule has 5 aromatic rings. The number of aromatic nitrogens is 6. The molecule has 0 saturated carbocycles. The zero-order valence-corrected chi connectivity index (χ0v) is 19.2. The van der Waals surface area contributed by atoms with Gasteiger partial charge < -0.3 is 31.0 Å². The molecular formula is C22H22N8O3S. The normalized spacial score (nSPS) is 10.8. The highest BCUT2D eigenvalue weighted by molar-refractivity contribution is 7.99. The summed E-state index contributed by atoms with van der Waals surface area (Å²) in [5.74, 6) is 0.0586. The van der Waals surface area contributed by atoms with Crippen molar-refractivity contribution in [1.82, 2.24) is 29.9 Å². The van der Waals surface area contributed by atoms with Crippen LogP contribution in [0.4, 0.5) is 11.4 Å². The number of hydrogen-bond donors (Lipinski definition) is 6. The van der Waals surface area contributed by atoms with Gasteiger partial charge in [0.25, 0.3) is 0 Å². The molecule has 5 rings (SSSR count). The predicted molar refractivity (Wildman–Crippen MR) is 133 cm³/mol. The number of anilines is 2. The third-order valence-corrected chi connectivity index (χ3v) is 5.79. The Kier molecular flexibility index (Phi) is 6.50. The number of imidazole rings is 2. The highest BCUT2D eigenvalue weighted by atomic mass is 32.2. The number of rotatable bonds is 4. The molecule has 1 amide bonds. The Balaban J connectivity index is 0.000000192. The van der Waals surface area contributed by atoms with Gasteiger partial charge in [0.05, 0.1) is 27.8 Å². The summed E-state index contributed by atoms with van der Waals surface area (Å²) in [5, 5.41) is 3.39. The van der Waals surface area contributed by atoms with Gasteiger partial charge in [-0.1, -0.05) is 11.8 Å². The number of amides is 1. The first-order valence-electron chi connectivity index (χ1n) is 10.2. The molecule has 0 aliphatic rings. The van der Waals surface area contributed by atoms with Crippen LogP contribution in [-0.4, -0.2) is 41.6 Å². The molecule has 0 radical (unpaired) electrons. The number of thioether (sulfide) groups is 1. The molecule has 0 bridgehead atoms. The number of carbonyl (C=O) groups is 1. The largest absolute Gasteiger partial charge is 0.398 e. The number of H-pyrrole nitrogens is 4. The molecule has 0 spiro atoms. The summed E-state index contributed by atoms with van der Waals surface area (Å²) in [6.07, 6.45) is 3.27. The van der Waals surface area contributed by atoms with Crippen LogP contribution < -0.4 is 22.4 Å². The fourth-order valence-electron chi connectivity index (χ4n) is 3.21. The molecule has 34 heavy (non-hydrogen) atoms. The van der Waals surface area contributed by atoms with Gasteiger partial charge in [-0.05, 0) is 55.3 Å². The summed E-state index contributed by atoms with van der Waals surface area (Å²) in [6.45, 7) is 3.77. The van der Waals surface area contributed by atoms with E-state index in [1.165, 1.54) is 11.8 Å². The van der Waals surface area contributed by atoms with Crippen LogP contribution in [0.25, 0.3) is 22.1 Å². The molecule has 0 saturated heterocycles. The number of nitrogens with zero attached hydrogens (tertiary/aromatic N) is 2. The number of nitrogen functional groups attached to an aromatic ring is 1. The van der Waals surface area contributed by atoms with Crippen molar-refractivity contribution in [3.05, 3.63) is 74.8 Å². The lowest BCUT2D eigenvalue weighted by Gasteiger charge is -2.08. The van der Waals surface area contributed by atoms with Gasteiger partial charge in [-0.15, -0.1) is 0 Å². The van der Waals surface area contributed by atoms with Gasteiger partial charge in [0, 0.05) is 23.8 Å². The number of aromatic amines is 4. The highest BCUT2D eigenvalue weighted by Gasteiger charge is 2.09. The van der Waals surface area contributed by atoms with E-state index in [2.05, 4.69) is 35.2 Å². The van der Waals surface area contributed by atoms with Gasteiger partial charge >= 0.3 is 11.4 Å². The minimum absolute atomic E-state index is 0.155. The number of fused-ring (bicyclic) bond motifs is 2. The van der Waals surface area contributed by atoms with Crippen LogP contribution >= 0.6 is 11.8 Å². The molecule has 7 N–H and O–H groups in total. The lowest BCUT2D eigenvalue weighted by Crippen LogP contribution is -2.15. The standard InChI is InChI=1S/C14H13N5O2S.C8H9N3O/c1-8-5-10-11(19-13(21)18-10)6-9(8)17-12(20)7-22-14-15-3-2-4-16-14;1-4-2-6-7(3-5(4)9)11-8(12)10-6/h2-6H,7H2,1H3,(H,17,20)(H2,18,19,21);2-3H,9H2,1H3,(H2,10,11,12). The fraction of sp³-hybridized carbons (Fsp3) is 0.136. The second kappa shape index (κ2) is 9.67. The quantitative estimate of drug-likeness (QED) is 0.130. The first-order chi connectivity index (χ1) is 16.3. The van der Waals surface area contributed by atoms with Crippen molar-refractivity contribution in [2.24, 2.45) is 0 Å². The van der Waals surface area contributed by atoms with Crippen LogP contribution in [-0.2, 0) is 4.79 Å². The molecule has 12 heteroatoms. The number of hydrogen-bond acceptors (Lipinski definition) is 7. The number of aryl methyl sites for hydroxylation is 2. The molecule has 3 heterocycles. The van der Waals surface area contributed by atoms with E-state index in [9.17, 15) is 14.4 Å². The zero-order chi connectivity index (χ0) is 24.2. The first kappa shape index (κ1) is 22.9. The van der Waals surface area contributed by atoms with Crippen molar-refractivity contribution in [1.29, 1.82) is 0 Å². The summed E-state index contributed by atoms with van der Waals surface area (Å²) in [4.78, 5) is 52.9. The van der Waals surface area contributed by atoms with Gasteiger partial charge in [0.2, 0.25) is 5.91 Å². The minimum atomic E-state index is -0.269. The van der Waals surface area contributed by atoms with Crippen molar-refractivity contribution in [2.45, 2.75) is 19.0 Å². The summed E-state index contributed by atoms with van der Waals surface area (Å²) in [6, 6.07) is 8.88. The third kappa shape index (κ3) is 5.35. The van der Waals surface area contributed by atoms with E-state index in [0.29, 0.717) is 27.6 Å². The average molecular weight is 479 g/mol. The minimum Gasteiger partial charge on any atom is -0.398 e. The Morgan fingerprint density at radius 1 is 0.882 bits per heavy atom. The highest BCUT2D eigenvalue weighted by Crippen LogP contribution is 2.21. The lowest BCUT2D eigenvalue weighted by atomic mass is 10.2. The molecule has 11 nitrogen and oxygen atoms in total. The smallest absolute Gasteiger partial charge is 0.323 e. The second-order valence-corrected chi connectivity index (χ2v) is 8.44. The van der Waals surface area contributed by atoms with E-state index in [4.69, 9.17) is 5.73 Å². The summed E-state index contributed by atoms with van der Waals surface area (Å²) in [7, 11) is 0. The van der Waals surface area contributed by atoms with Crippen molar-refractivity contribution >= 4 is 51.1 Å². The first-order valence-corrected chi connectivity index (χ1v) is 11.2. The predicted octanol–water partition coefficient (Wildman–Crippen LogP) is 2.43. The van der Waals surface area contributed by atoms with E-state index < -0.39 is 0 Å². The Morgan fingerprint density at radius 3 is 2.03 bits per heavy atom. The number of nitrogens with two attached hydrogens (primary N) is 1. The number of benzene rings is 2. The van der Waals surface area contributed by atoms with E-state index >= 15 is 0 Å². The van der Waals surface area contributed by atoms with Crippen LogP contribution in [0.3, 0.4) is 0 Å². The average Bonchev–Trinajstić information content (AvgIpc) is 3.33. The Bertz CT molecular complexity index is 1540. The van der Waals surface area contributed by atoms with Gasteiger partial charge in [-0.2, -0.15) is 0 Å². The molecule has 0 fully saturated rings. The summed E-state index contributed by atoms with van der Waals surface area (Å²) in [5.41, 5.74) is 11.3. The van der Waals surface area contributed by atoms with Crippen LogP contribution in [0.15, 0.2) is 57.5 Å². The zero-order valence-electron chi connectivity index (χ0n) is 18.4. The molecule has 2 aromatic carbocycles. The maximum Gasteiger partial charge on any atom is 0.323 e. The van der Waals surface area contributed by atoms with E-state index in [0.717, 1.165) is 22.2 Å². The van der Waals surface area contributed by atoms with Crippen LogP contribution in [0.1, 0.15) is 11.1 Å². The molecular weight excluding hydrogens is 456 g/mol. The van der Waals surface area contributed by atoms with Gasteiger partial charge in [0.1, 0.15) is 0 Å². The maximum atomic E-state index is 12.0. The van der Waals surface area contributed by atoms with Crippen molar-refractivity contribution in [3.8, 4) is 0 Å². The fourth-order valence-corrected chi connectivity index (χ4v) is 3.81. The van der Waals surface area contributed by atoms with E-state index in [1.54, 1.807) is 30.6 Å². The van der Waals surface area contributed by atoms with Gasteiger partial charge in [0.15, 0.2) is 5.16 Å². The topological polar surface area (TPSA) is 178 Å². The third-order valence-electron chi connectivity index (χ3n) is 4.91. The lowest BCUT2D eigenvalue weighted by molar-refractivity contribution is -0.113. The molecule has 0 atom stereocenters. The maximum absolute atomic E-state index is 12.0. The molecule has 174 valence electrons. The molecule has 0 unspecified atom stereocenters. The Labute approximate surface area is 196 Å². The van der Waals surface area contributed by atoms with Crippen LogP contribution in [0.5, 0.6) is 0 Å². The van der Waals surface area contributed by atoms with E-state index in [1.807, 2.05) is 26.0 Å². The molecule has 0 aliphatic heterocycles. The molecule has 0 aliphatic carbocycles. The van der Waals surface area contributed by atoms with Crippen molar-refractivity contribution in [2.75, 3.05) is 16.8 Å². The van der Waals surface area contributed by atoms with Gasteiger partial charge in [-0.25, -0.2) is 19.6 Å². The Hall–Kier alpha value is -4.32. The van der Waals surface area contributed by atoms with Gasteiger partial charge in [-0.3, -0.25) is 4.79 Å². The van der Waals surface area contributed by atoms with E-state index in [-0.39, 0.29) is 23.0 Å².